The lowest BCUT2D eigenvalue weighted by Gasteiger charge is -2.19. The first-order chi connectivity index (χ1) is 12.4. The fourth-order valence-electron chi connectivity index (χ4n) is 2.80. The lowest BCUT2D eigenvalue weighted by Crippen LogP contribution is -2.39. The van der Waals surface area contributed by atoms with E-state index in [9.17, 15) is 4.79 Å². The van der Waals surface area contributed by atoms with E-state index in [2.05, 4.69) is 11.4 Å². The fraction of sp³-hybridized carbons (Fsp3) is 0.409. The molecule has 2 aromatic carbocycles. The highest BCUT2D eigenvalue weighted by Gasteiger charge is 2.19. The number of ether oxygens (including phenoxy) is 2. The Hall–Kier alpha value is -2.49. The SMILES string of the molecule is CC[C@H](Oc1cccc(C)c1C)C(=O)NCCOc1cc(C)cc(C)c1. The standard InChI is InChI=1S/C22H29NO3/c1-6-20(26-21-9-7-8-17(4)18(21)5)22(24)23-10-11-25-19-13-15(2)12-16(3)14-19/h7-9,12-14,20H,6,10-11H2,1-5H3,(H,23,24)/t20-/m0/s1. The Morgan fingerprint density at radius 3 is 2.42 bits per heavy atom. The molecular formula is C22H29NO3. The van der Waals surface area contributed by atoms with Crippen molar-refractivity contribution in [2.45, 2.75) is 47.1 Å². The fourth-order valence-corrected chi connectivity index (χ4v) is 2.80. The molecule has 26 heavy (non-hydrogen) atoms. The highest BCUT2D eigenvalue weighted by molar-refractivity contribution is 5.81. The van der Waals surface area contributed by atoms with Gasteiger partial charge in [-0.1, -0.05) is 25.1 Å². The summed E-state index contributed by atoms with van der Waals surface area (Å²) < 4.78 is 11.7. The van der Waals surface area contributed by atoms with Gasteiger partial charge in [0, 0.05) is 0 Å². The van der Waals surface area contributed by atoms with Crippen LogP contribution in [0.25, 0.3) is 0 Å². The Balaban J connectivity index is 1.84. The van der Waals surface area contributed by atoms with Crippen LogP contribution in [0.3, 0.4) is 0 Å². The molecule has 0 fully saturated rings. The van der Waals surface area contributed by atoms with Gasteiger partial charge in [-0.15, -0.1) is 0 Å². The van der Waals surface area contributed by atoms with Crippen LogP contribution in [0, 0.1) is 27.7 Å². The zero-order chi connectivity index (χ0) is 19.1. The van der Waals surface area contributed by atoms with Crippen LogP contribution < -0.4 is 14.8 Å². The second-order valence-electron chi connectivity index (χ2n) is 6.68. The van der Waals surface area contributed by atoms with Gasteiger partial charge in [0.25, 0.3) is 5.91 Å². The van der Waals surface area contributed by atoms with Crippen LogP contribution in [0.15, 0.2) is 36.4 Å². The molecule has 0 aliphatic carbocycles. The van der Waals surface area contributed by atoms with Crippen molar-refractivity contribution in [2.75, 3.05) is 13.2 Å². The molecular weight excluding hydrogens is 326 g/mol. The minimum atomic E-state index is -0.503. The molecule has 140 valence electrons. The molecule has 1 N–H and O–H groups in total. The first kappa shape index (κ1) is 19.8. The van der Waals surface area contributed by atoms with Crippen LogP contribution >= 0.6 is 0 Å². The van der Waals surface area contributed by atoms with Gasteiger partial charge in [0.15, 0.2) is 6.10 Å². The van der Waals surface area contributed by atoms with Crippen LogP contribution in [0.5, 0.6) is 11.5 Å². The Labute approximate surface area is 156 Å². The summed E-state index contributed by atoms with van der Waals surface area (Å²) in [6, 6.07) is 12.0. The molecule has 0 aromatic heterocycles. The minimum absolute atomic E-state index is 0.113. The Kier molecular flexibility index (Phi) is 7.07. The Bertz CT molecular complexity index is 735. The monoisotopic (exact) mass is 355 g/mol. The van der Waals surface area contributed by atoms with E-state index in [4.69, 9.17) is 9.47 Å². The molecule has 0 bridgehead atoms. The predicted octanol–water partition coefficient (Wildman–Crippen LogP) is 4.27. The third-order valence-corrected chi connectivity index (χ3v) is 4.35. The summed E-state index contributed by atoms with van der Waals surface area (Å²) in [6.07, 6.45) is 0.105. The van der Waals surface area contributed by atoms with E-state index in [-0.39, 0.29) is 5.91 Å². The van der Waals surface area contributed by atoms with Crippen LogP contribution in [-0.4, -0.2) is 25.2 Å². The van der Waals surface area contributed by atoms with Crippen molar-refractivity contribution >= 4 is 5.91 Å². The molecule has 0 radical (unpaired) electrons. The topological polar surface area (TPSA) is 47.6 Å². The zero-order valence-corrected chi connectivity index (χ0v) is 16.4. The van der Waals surface area contributed by atoms with Gasteiger partial charge >= 0.3 is 0 Å². The van der Waals surface area contributed by atoms with Crippen molar-refractivity contribution in [3.05, 3.63) is 58.7 Å². The number of carbonyl (C=O) groups is 1. The second-order valence-corrected chi connectivity index (χ2v) is 6.68. The lowest BCUT2D eigenvalue weighted by molar-refractivity contribution is -0.128. The highest BCUT2D eigenvalue weighted by Crippen LogP contribution is 2.22. The molecule has 0 unspecified atom stereocenters. The third-order valence-electron chi connectivity index (χ3n) is 4.35. The quantitative estimate of drug-likeness (QED) is 0.719. The van der Waals surface area contributed by atoms with E-state index >= 15 is 0 Å². The normalized spacial score (nSPS) is 11.7. The van der Waals surface area contributed by atoms with Crippen molar-refractivity contribution in [1.82, 2.24) is 5.32 Å². The molecule has 4 heteroatoms. The minimum Gasteiger partial charge on any atom is -0.492 e. The lowest BCUT2D eigenvalue weighted by atomic mass is 10.1. The van der Waals surface area contributed by atoms with Crippen molar-refractivity contribution in [3.8, 4) is 11.5 Å². The summed E-state index contributed by atoms with van der Waals surface area (Å²) in [6.45, 7) is 10.9. The molecule has 1 amide bonds. The molecule has 0 heterocycles. The van der Waals surface area contributed by atoms with E-state index < -0.39 is 6.10 Å². The number of carbonyl (C=O) groups excluding carboxylic acids is 1. The van der Waals surface area contributed by atoms with Gasteiger partial charge in [0.2, 0.25) is 0 Å². The van der Waals surface area contributed by atoms with Gasteiger partial charge in [-0.05, 0) is 74.6 Å². The summed E-state index contributed by atoms with van der Waals surface area (Å²) >= 11 is 0. The molecule has 2 aromatic rings. The van der Waals surface area contributed by atoms with Gasteiger partial charge in [-0.3, -0.25) is 4.79 Å². The largest absolute Gasteiger partial charge is 0.492 e. The molecule has 2 rings (SSSR count). The molecule has 0 aliphatic heterocycles. The number of hydrogen-bond donors (Lipinski definition) is 1. The predicted molar refractivity (Wildman–Crippen MR) is 105 cm³/mol. The summed E-state index contributed by atoms with van der Waals surface area (Å²) in [5, 5.41) is 2.90. The summed E-state index contributed by atoms with van der Waals surface area (Å²) in [7, 11) is 0. The molecule has 0 spiro atoms. The third kappa shape index (κ3) is 5.51. The number of aryl methyl sites for hydroxylation is 3. The molecule has 4 nitrogen and oxygen atoms in total. The average Bonchev–Trinajstić information content (AvgIpc) is 2.59. The van der Waals surface area contributed by atoms with Gasteiger partial charge < -0.3 is 14.8 Å². The first-order valence-corrected chi connectivity index (χ1v) is 9.12. The smallest absolute Gasteiger partial charge is 0.261 e. The van der Waals surface area contributed by atoms with Crippen molar-refractivity contribution in [2.24, 2.45) is 0 Å². The number of nitrogens with one attached hydrogen (secondary N) is 1. The van der Waals surface area contributed by atoms with Gasteiger partial charge in [0.05, 0.1) is 6.54 Å². The maximum atomic E-state index is 12.4. The van der Waals surface area contributed by atoms with Gasteiger partial charge in [-0.25, -0.2) is 0 Å². The van der Waals surface area contributed by atoms with Crippen molar-refractivity contribution in [3.63, 3.8) is 0 Å². The zero-order valence-electron chi connectivity index (χ0n) is 16.4. The van der Waals surface area contributed by atoms with E-state index in [0.717, 1.165) is 33.8 Å². The molecule has 0 saturated carbocycles. The van der Waals surface area contributed by atoms with Crippen LogP contribution in [0.2, 0.25) is 0 Å². The average molecular weight is 355 g/mol. The Morgan fingerprint density at radius 1 is 1.08 bits per heavy atom. The van der Waals surface area contributed by atoms with Crippen molar-refractivity contribution in [1.29, 1.82) is 0 Å². The number of rotatable bonds is 8. The maximum Gasteiger partial charge on any atom is 0.261 e. The second kappa shape index (κ2) is 9.27. The summed E-state index contributed by atoms with van der Waals surface area (Å²) in [4.78, 5) is 12.4. The van der Waals surface area contributed by atoms with Gasteiger partial charge in [0.1, 0.15) is 18.1 Å². The highest BCUT2D eigenvalue weighted by atomic mass is 16.5. The van der Waals surface area contributed by atoms with Gasteiger partial charge in [-0.2, -0.15) is 0 Å². The number of amides is 1. The van der Waals surface area contributed by atoms with E-state index in [0.29, 0.717) is 19.6 Å². The van der Waals surface area contributed by atoms with Crippen LogP contribution in [0.4, 0.5) is 0 Å². The van der Waals surface area contributed by atoms with Crippen LogP contribution in [0.1, 0.15) is 35.6 Å². The van der Waals surface area contributed by atoms with Crippen LogP contribution in [-0.2, 0) is 4.79 Å². The number of benzene rings is 2. The summed E-state index contributed by atoms with van der Waals surface area (Å²) in [5.74, 6) is 1.48. The number of hydrogen-bond acceptors (Lipinski definition) is 3. The first-order valence-electron chi connectivity index (χ1n) is 9.12. The molecule has 0 aliphatic rings. The van der Waals surface area contributed by atoms with E-state index in [1.54, 1.807) is 0 Å². The molecule has 1 atom stereocenters. The van der Waals surface area contributed by atoms with E-state index in [1.807, 2.05) is 65.0 Å². The maximum absolute atomic E-state index is 12.4. The van der Waals surface area contributed by atoms with Crippen molar-refractivity contribution < 1.29 is 14.3 Å². The van der Waals surface area contributed by atoms with E-state index in [1.165, 1.54) is 0 Å². The summed E-state index contributed by atoms with van der Waals surface area (Å²) in [5.41, 5.74) is 4.55. The Morgan fingerprint density at radius 2 is 1.77 bits per heavy atom. The molecule has 0 saturated heterocycles.